The fraction of sp³-hybridized carbons (Fsp3) is 0.143. The Hall–Kier alpha value is -3.30. The second kappa shape index (κ2) is 8.39. The van der Waals surface area contributed by atoms with E-state index in [-0.39, 0.29) is 0 Å². The van der Waals surface area contributed by atoms with Crippen LogP contribution in [0.2, 0.25) is 0 Å². The number of methoxy groups -OCH3 is 2. The summed E-state index contributed by atoms with van der Waals surface area (Å²) in [6.45, 7) is 2.02. The van der Waals surface area contributed by atoms with Gasteiger partial charge in [-0.2, -0.15) is 5.26 Å². The number of rotatable bonds is 6. The number of ether oxygens (including phenoxy) is 2. The molecule has 6 heteroatoms. The van der Waals surface area contributed by atoms with Crippen LogP contribution in [0.1, 0.15) is 10.6 Å². The lowest BCUT2D eigenvalue weighted by molar-refractivity contribution is 0.355. The number of aryl methyl sites for hydroxylation is 1. The van der Waals surface area contributed by atoms with Crippen molar-refractivity contribution in [3.8, 4) is 28.8 Å². The van der Waals surface area contributed by atoms with Crippen LogP contribution in [0.4, 0.5) is 5.69 Å². The molecule has 0 aliphatic rings. The third kappa shape index (κ3) is 4.27. The Balaban J connectivity index is 1.85. The zero-order valence-corrected chi connectivity index (χ0v) is 16.1. The highest BCUT2D eigenvalue weighted by Crippen LogP contribution is 2.33. The predicted molar refractivity (Wildman–Crippen MR) is 109 cm³/mol. The molecule has 0 unspecified atom stereocenters. The van der Waals surface area contributed by atoms with Crippen LogP contribution < -0.4 is 14.8 Å². The first-order valence-corrected chi connectivity index (χ1v) is 9.14. The fourth-order valence-corrected chi connectivity index (χ4v) is 3.35. The molecule has 0 saturated heterocycles. The molecule has 0 aliphatic carbocycles. The smallest absolute Gasteiger partial charge is 0.161 e. The number of nitrogens with zero attached hydrogens (tertiary/aromatic N) is 2. The third-order valence-electron chi connectivity index (χ3n) is 3.94. The number of benzene rings is 2. The van der Waals surface area contributed by atoms with Gasteiger partial charge in [0.15, 0.2) is 11.5 Å². The lowest BCUT2D eigenvalue weighted by Crippen LogP contribution is -1.92. The molecule has 3 rings (SSSR count). The zero-order valence-electron chi connectivity index (χ0n) is 15.3. The van der Waals surface area contributed by atoms with Gasteiger partial charge in [0.25, 0.3) is 0 Å². The van der Waals surface area contributed by atoms with E-state index in [2.05, 4.69) is 16.4 Å². The summed E-state index contributed by atoms with van der Waals surface area (Å²) < 4.78 is 10.6. The molecule has 0 fully saturated rings. The number of thiazole rings is 1. The second-order valence-corrected chi connectivity index (χ2v) is 6.65. The van der Waals surface area contributed by atoms with Gasteiger partial charge in [0, 0.05) is 22.8 Å². The molecular formula is C21H19N3O2S. The van der Waals surface area contributed by atoms with Crippen LogP contribution in [-0.2, 0) is 0 Å². The highest BCUT2D eigenvalue weighted by Gasteiger charge is 2.11. The Morgan fingerprint density at radius 1 is 1.15 bits per heavy atom. The lowest BCUT2D eigenvalue weighted by Gasteiger charge is -2.08. The van der Waals surface area contributed by atoms with E-state index >= 15 is 0 Å². The fourth-order valence-electron chi connectivity index (χ4n) is 2.56. The molecule has 27 heavy (non-hydrogen) atoms. The van der Waals surface area contributed by atoms with Crippen LogP contribution in [-0.4, -0.2) is 19.2 Å². The van der Waals surface area contributed by atoms with Crippen molar-refractivity contribution in [1.82, 2.24) is 4.98 Å². The Labute approximate surface area is 162 Å². The summed E-state index contributed by atoms with van der Waals surface area (Å²) >= 11 is 1.42. The average Bonchev–Trinajstić information content (AvgIpc) is 3.18. The van der Waals surface area contributed by atoms with Gasteiger partial charge in [0.2, 0.25) is 0 Å². The monoisotopic (exact) mass is 377 g/mol. The van der Waals surface area contributed by atoms with E-state index in [1.807, 2.05) is 54.8 Å². The Bertz CT molecular complexity index is 1020. The molecule has 1 aromatic heterocycles. The van der Waals surface area contributed by atoms with Crippen molar-refractivity contribution in [2.75, 3.05) is 19.5 Å². The number of nitriles is 1. The Morgan fingerprint density at radius 2 is 1.96 bits per heavy atom. The minimum atomic E-state index is 0.480. The van der Waals surface area contributed by atoms with Gasteiger partial charge < -0.3 is 14.8 Å². The van der Waals surface area contributed by atoms with Crippen LogP contribution in [0, 0.1) is 18.3 Å². The molecule has 1 heterocycles. The molecule has 0 spiro atoms. The summed E-state index contributed by atoms with van der Waals surface area (Å²) in [4.78, 5) is 4.60. The summed E-state index contributed by atoms with van der Waals surface area (Å²) in [6.07, 6.45) is 1.69. The van der Waals surface area contributed by atoms with Crippen molar-refractivity contribution in [1.29, 1.82) is 5.26 Å². The van der Waals surface area contributed by atoms with Crippen molar-refractivity contribution in [3.05, 3.63) is 64.6 Å². The van der Waals surface area contributed by atoms with E-state index in [1.54, 1.807) is 20.4 Å². The lowest BCUT2D eigenvalue weighted by atomic mass is 10.1. The minimum absolute atomic E-state index is 0.480. The third-order valence-corrected chi connectivity index (χ3v) is 4.81. The number of hydrogen-bond donors (Lipinski definition) is 1. The summed E-state index contributed by atoms with van der Waals surface area (Å²) in [5.74, 6) is 1.30. The molecule has 0 aliphatic heterocycles. The van der Waals surface area contributed by atoms with Crippen molar-refractivity contribution in [2.45, 2.75) is 6.92 Å². The molecule has 0 saturated carbocycles. The van der Waals surface area contributed by atoms with E-state index in [0.717, 1.165) is 22.5 Å². The number of allylic oxidation sites excluding steroid dienone is 1. The zero-order chi connectivity index (χ0) is 19.2. The van der Waals surface area contributed by atoms with E-state index in [4.69, 9.17) is 9.47 Å². The minimum Gasteiger partial charge on any atom is -0.493 e. The maximum Gasteiger partial charge on any atom is 0.161 e. The molecule has 3 aromatic rings. The van der Waals surface area contributed by atoms with Crippen LogP contribution in [0.3, 0.4) is 0 Å². The Morgan fingerprint density at radius 3 is 2.67 bits per heavy atom. The van der Waals surface area contributed by atoms with Gasteiger partial charge in [-0.1, -0.05) is 12.1 Å². The largest absolute Gasteiger partial charge is 0.493 e. The average molecular weight is 377 g/mol. The van der Waals surface area contributed by atoms with Crippen LogP contribution in [0.25, 0.3) is 16.8 Å². The molecule has 1 N–H and O–H groups in total. The van der Waals surface area contributed by atoms with Crippen molar-refractivity contribution in [2.24, 2.45) is 0 Å². The van der Waals surface area contributed by atoms with Gasteiger partial charge in [0.05, 0.1) is 19.9 Å². The molecule has 5 nitrogen and oxygen atoms in total. The quantitative estimate of drug-likeness (QED) is 0.605. The van der Waals surface area contributed by atoms with E-state index in [9.17, 15) is 5.26 Å². The molecular weight excluding hydrogens is 358 g/mol. The van der Waals surface area contributed by atoms with Gasteiger partial charge in [-0.05, 0) is 42.8 Å². The maximum atomic E-state index is 9.51. The van der Waals surface area contributed by atoms with E-state index in [0.29, 0.717) is 22.1 Å². The summed E-state index contributed by atoms with van der Waals surface area (Å²) in [5.41, 5.74) is 4.25. The summed E-state index contributed by atoms with van der Waals surface area (Å²) in [7, 11) is 3.20. The van der Waals surface area contributed by atoms with E-state index < -0.39 is 0 Å². The number of anilines is 1. The van der Waals surface area contributed by atoms with Gasteiger partial charge in [-0.15, -0.1) is 11.3 Å². The van der Waals surface area contributed by atoms with Gasteiger partial charge >= 0.3 is 0 Å². The van der Waals surface area contributed by atoms with Crippen LogP contribution >= 0.6 is 11.3 Å². The number of nitrogens with one attached hydrogen (secondary N) is 1. The second-order valence-electron chi connectivity index (χ2n) is 5.79. The van der Waals surface area contributed by atoms with Crippen LogP contribution in [0.5, 0.6) is 11.5 Å². The molecule has 136 valence electrons. The van der Waals surface area contributed by atoms with Crippen molar-refractivity contribution in [3.63, 3.8) is 0 Å². The standard InChI is InChI=1S/C21H19N3O2S/c1-14-5-4-6-17(9-14)23-12-16(11-22)21-24-18(13-27-21)15-7-8-19(25-2)20(10-15)26-3/h4-10,12-13,23H,1-3H3/b16-12+. The van der Waals surface area contributed by atoms with Gasteiger partial charge in [-0.3, -0.25) is 0 Å². The number of hydrogen-bond acceptors (Lipinski definition) is 6. The maximum absolute atomic E-state index is 9.51. The normalized spacial score (nSPS) is 11.0. The topological polar surface area (TPSA) is 67.2 Å². The van der Waals surface area contributed by atoms with Crippen molar-refractivity contribution >= 4 is 22.6 Å². The SMILES string of the molecule is COc1ccc(-c2csc(/C(C#N)=C/Nc3cccc(C)c3)n2)cc1OC. The van der Waals surface area contributed by atoms with Gasteiger partial charge in [0.1, 0.15) is 16.6 Å². The van der Waals surface area contributed by atoms with Crippen LogP contribution in [0.15, 0.2) is 54.0 Å². The highest BCUT2D eigenvalue weighted by molar-refractivity contribution is 7.11. The van der Waals surface area contributed by atoms with E-state index in [1.165, 1.54) is 11.3 Å². The number of aromatic nitrogens is 1. The molecule has 2 aromatic carbocycles. The van der Waals surface area contributed by atoms with Crippen molar-refractivity contribution < 1.29 is 9.47 Å². The molecule has 0 radical (unpaired) electrons. The molecule has 0 amide bonds. The summed E-state index contributed by atoms with van der Waals surface area (Å²) in [6, 6.07) is 15.8. The molecule has 0 bridgehead atoms. The Kier molecular flexibility index (Phi) is 5.74. The first-order valence-electron chi connectivity index (χ1n) is 8.26. The summed E-state index contributed by atoms with van der Waals surface area (Å²) in [5, 5.41) is 15.3. The van der Waals surface area contributed by atoms with Gasteiger partial charge in [-0.25, -0.2) is 4.98 Å². The predicted octanol–water partition coefficient (Wildman–Crippen LogP) is 5.11. The molecule has 0 atom stereocenters. The first kappa shape index (κ1) is 18.5. The first-order chi connectivity index (χ1) is 13.1. The highest BCUT2D eigenvalue weighted by atomic mass is 32.1.